The molecule has 1 aliphatic rings. The molecule has 0 aromatic heterocycles. The first-order chi connectivity index (χ1) is 6.55. The van der Waals surface area contributed by atoms with Gasteiger partial charge in [0.25, 0.3) is 0 Å². The summed E-state index contributed by atoms with van der Waals surface area (Å²) in [6.07, 6.45) is 8.04. The zero-order valence-corrected chi connectivity index (χ0v) is 16.9. The predicted octanol–water partition coefficient (Wildman–Crippen LogP) is 3.37. The Hall–Kier alpha value is 0.540. The Morgan fingerprint density at radius 1 is 1.19 bits per heavy atom. The van der Waals surface area contributed by atoms with Gasteiger partial charge in [-0.1, -0.05) is 0 Å². The van der Waals surface area contributed by atoms with Gasteiger partial charge in [0.05, 0.1) is 0 Å². The van der Waals surface area contributed by atoms with Gasteiger partial charge in [0.15, 0.2) is 0 Å². The third-order valence-electron chi connectivity index (χ3n) is 3.60. The molecule has 0 heterocycles. The van der Waals surface area contributed by atoms with Crippen molar-refractivity contribution in [2.24, 2.45) is 0 Å². The fourth-order valence-electron chi connectivity index (χ4n) is 3.61. The first-order valence-electron chi connectivity index (χ1n) is 6.47. The maximum atomic E-state index is 4.11. The normalized spacial score (nSPS) is 24.4. The Morgan fingerprint density at radius 2 is 1.69 bits per heavy atom. The van der Waals surface area contributed by atoms with E-state index in [2.05, 4.69) is 60.8 Å². The maximum absolute atomic E-state index is 4.11. The van der Waals surface area contributed by atoms with Crippen molar-refractivity contribution in [3.63, 3.8) is 0 Å². The molecule has 0 spiro atoms. The van der Waals surface area contributed by atoms with E-state index in [1.54, 1.807) is 3.28 Å². The van der Waals surface area contributed by atoms with E-state index in [9.17, 15) is 0 Å². The fourth-order valence-corrected chi connectivity index (χ4v) is 26.3. The molecule has 0 aliphatic heterocycles. The van der Waals surface area contributed by atoms with Gasteiger partial charge in [-0.3, -0.25) is 0 Å². The monoisotopic (exact) mass is 318 g/mol. The van der Waals surface area contributed by atoms with Crippen LogP contribution >= 0.6 is 0 Å². The second-order valence-electron chi connectivity index (χ2n) is 11.3. The van der Waals surface area contributed by atoms with E-state index in [0.29, 0.717) is 0 Å². The summed E-state index contributed by atoms with van der Waals surface area (Å²) in [6, 6.07) is 0. The summed E-state index contributed by atoms with van der Waals surface area (Å²) in [5, 5.41) is 0. The van der Waals surface area contributed by atoms with Crippen LogP contribution in [0.2, 0.25) is 18.5 Å². The average molecular weight is 320 g/mol. The fraction of sp³-hybridized carbons (Fsp3) is 0.692. The summed E-state index contributed by atoms with van der Waals surface area (Å²) in [6.45, 7) is 6.88. The zero-order valence-electron chi connectivity index (χ0n) is 12.4. The third kappa shape index (κ3) is 3.27. The van der Waals surface area contributed by atoms with E-state index in [1.807, 2.05) is 0 Å². The van der Waals surface area contributed by atoms with Crippen LogP contribution < -0.4 is 3.26 Å². The van der Waals surface area contributed by atoms with E-state index < -0.39 is 15.3 Å². The first-order valence-corrected chi connectivity index (χ1v) is 27.1. The molecular weight excluding hydrogens is 289 g/mol. The van der Waals surface area contributed by atoms with Gasteiger partial charge in [-0.15, -0.1) is 0 Å². The molecule has 3 heteroatoms. The molecule has 1 nitrogen and oxygen atoms in total. The van der Waals surface area contributed by atoms with Gasteiger partial charge in [0.2, 0.25) is 0 Å². The summed E-state index contributed by atoms with van der Waals surface area (Å²) >= 11 is -3.76. The van der Waals surface area contributed by atoms with Gasteiger partial charge in [-0.2, -0.15) is 0 Å². The minimum atomic E-state index is -3.76. The average Bonchev–Trinajstić information content (AvgIpc) is 2.22. The molecule has 0 fully saturated rings. The Bertz CT molecular complexity index is 393. The Kier molecular flexibility index (Phi) is 2.37. The van der Waals surface area contributed by atoms with E-state index in [4.69, 9.17) is 0 Å². The van der Waals surface area contributed by atoms with Crippen LogP contribution in [0.3, 0.4) is 0 Å². The van der Waals surface area contributed by atoms with Crippen LogP contribution in [0.25, 0.3) is 0 Å². The van der Waals surface area contributed by atoms with Crippen molar-refractivity contribution in [1.29, 1.82) is 0 Å². The van der Waals surface area contributed by atoms with E-state index in [-0.39, 0.29) is 5.54 Å². The second-order valence-corrected chi connectivity index (χ2v) is 80.6. The summed E-state index contributed by atoms with van der Waals surface area (Å²) in [5.74, 6) is 0. The molecule has 0 aromatic carbocycles. The molecule has 0 aromatic rings. The quantitative estimate of drug-likeness (QED) is 0.770. The van der Waals surface area contributed by atoms with Crippen molar-refractivity contribution in [3.05, 3.63) is 21.5 Å². The van der Waals surface area contributed by atoms with Gasteiger partial charge in [0, 0.05) is 0 Å². The molecule has 1 N–H and O–H groups in total. The van der Waals surface area contributed by atoms with Gasteiger partial charge in [-0.05, 0) is 0 Å². The number of allylic oxidation sites excluding steroid dienone is 4. The molecule has 0 atom stereocenters. The van der Waals surface area contributed by atoms with Crippen molar-refractivity contribution in [2.45, 2.75) is 51.3 Å². The Morgan fingerprint density at radius 3 is 2.00 bits per heavy atom. The zero-order chi connectivity index (χ0) is 13.0. The summed E-state index contributed by atoms with van der Waals surface area (Å²) < 4.78 is 16.0. The molecule has 95 valence electrons. The predicted molar refractivity (Wildman–Crippen MR) is 78.1 cm³/mol. The van der Waals surface area contributed by atoms with E-state index >= 15 is 0 Å². The molecule has 16 heavy (non-hydrogen) atoms. The third-order valence-corrected chi connectivity index (χ3v) is 23.7. The molecular formula is C13H30NSiZr. The number of nitrogens with one attached hydrogen (secondary N) is 1. The minimum absolute atomic E-state index is 0.180. The SMILES string of the molecule is CC(C)(C)[NH][Zr]([CH3])([CH3])([CH3])([CH3])([SiH3])[C]1=CC=CC1. The first kappa shape index (κ1) is 14.6. The van der Waals surface area contributed by atoms with Gasteiger partial charge < -0.3 is 0 Å². The molecule has 0 radical (unpaired) electrons. The van der Waals surface area contributed by atoms with Crippen LogP contribution in [0.5, 0.6) is 0 Å². The van der Waals surface area contributed by atoms with Crippen molar-refractivity contribution in [3.8, 4) is 0 Å². The van der Waals surface area contributed by atoms with Crippen LogP contribution in [-0.4, -0.2) is 12.9 Å². The second kappa shape index (κ2) is 2.60. The summed E-state index contributed by atoms with van der Waals surface area (Å²) in [4.78, 5) is 0. The van der Waals surface area contributed by atoms with Crippen LogP contribution in [0.1, 0.15) is 27.2 Å². The van der Waals surface area contributed by atoms with Gasteiger partial charge in [0.1, 0.15) is 0 Å². The van der Waals surface area contributed by atoms with Crippen molar-refractivity contribution in [1.82, 2.24) is 3.26 Å². The molecule has 1 aliphatic carbocycles. The van der Waals surface area contributed by atoms with Gasteiger partial charge >= 0.3 is 98.7 Å². The molecule has 0 bridgehead atoms. The van der Waals surface area contributed by atoms with Gasteiger partial charge in [-0.25, -0.2) is 0 Å². The molecule has 0 saturated carbocycles. The van der Waals surface area contributed by atoms with E-state index in [1.165, 1.54) is 7.37 Å². The topological polar surface area (TPSA) is 12.0 Å². The van der Waals surface area contributed by atoms with Crippen LogP contribution in [0, 0.1) is 0 Å². The standard InChI is InChI=1S/C5H5.C4H10N.4CH3.H3Si.Zr/c1-2-4-5-3-1;1-4(2,3)5;;;;;;/h1-3H,4H2;5H,1-3H3;5*1H3;/q;-1;;;;;;+1. The summed E-state index contributed by atoms with van der Waals surface area (Å²) in [5.41, 5.74) is 0.180. The van der Waals surface area contributed by atoms with Crippen molar-refractivity contribution in [2.75, 3.05) is 0 Å². The molecule has 0 amide bonds. The van der Waals surface area contributed by atoms with Crippen LogP contribution in [0.4, 0.5) is 0 Å². The Labute approximate surface area is 98.1 Å². The molecule has 0 unspecified atom stereocenters. The number of hydrogen-bond acceptors (Lipinski definition) is 1. The van der Waals surface area contributed by atoms with Crippen molar-refractivity contribution >= 4 is 7.37 Å². The molecule has 0 saturated heterocycles. The number of hydrogen-bond donors (Lipinski definition) is 1. The number of rotatable bonds is 2. The summed E-state index contributed by atoms with van der Waals surface area (Å²) in [7, 11) is 1.22. The van der Waals surface area contributed by atoms with Crippen LogP contribution in [0.15, 0.2) is 21.5 Å². The van der Waals surface area contributed by atoms with Crippen molar-refractivity contribution < 1.29 is 15.3 Å². The van der Waals surface area contributed by atoms with E-state index in [0.717, 1.165) is 6.42 Å². The Balaban J connectivity index is 3.40. The molecule has 1 rings (SSSR count). The van der Waals surface area contributed by atoms with Crippen LogP contribution in [-0.2, 0) is 15.3 Å².